The van der Waals surface area contributed by atoms with Crippen LogP contribution in [-0.4, -0.2) is 43.3 Å². The molecular weight excluding hydrogens is 459 g/mol. The predicted octanol–water partition coefficient (Wildman–Crippen LogP) is 4.18. The summed E-state index contributed by atoms with van der Waals surface area (Å²) < 4.78 is 5.79. The third kappa shape index (κ3) is 9.50. The van der Waals surface area contributed by atoms with E-state index in [0.717, 1.165) is 51.5 Å². The van der Waals surface area contributed by atoms with Crippen LogP contribution in [0.3, 0.4) is 0 Å². The highest BCUT2D eigenvalue weighted by molar-refractivity contribution is 14.0. The van der Waals surface area contributed by atoms with E-state index in [4.69, 9.17) is 9.72 Å². The Morgan fingerprint density at radius 3 is 2.50 bits per heavy atom. The van der Waals surface area contributed by atoms with Gasteiger partial charge in [0.25, 0.3) is 0 Å². The van der Waals surface area contributed by atoms with E-state index in [2.05, 4.69) is 57.2 Å². The van der Waals surface area contributed by atoms with Crippen molar-refractivity contribution in [2.24, 2.45) is 10.9 Å². The lowest BCUT2D eigenvalue weighted by Crippen LogP contribution is -2.38. The van der Waals surface area contributed by atoms with Gasteiger partial charge in [0.2, 0.25) is 0 Å². The van der Waals surface area contributed by atoms with Gasteiger partial charge in [-0.25, -0.2) is 4.98 Å². The van der Waals surface area contributed by atoms with Crippen molar-refractivity contribution in [3.05, 3.63) is 15.6 Å². The molecule has 152 valence electrons. The molecular formula is C19H37IN4OS. The van der Waals surface area contributed by atoms with E-state index < -0.39 is 0 Å². The number of nitrogens with one attached hydrogen (secondary N) is 2. The Hall–Kier alpha value is -0.410. The fraction of sp³-hybridized carbons (Fsp3) is 0.789. The second kappa shape index (κ2) is 14.6. The van der Waals surface area contributed by atoms with Crippen LogP contribution in [0.15, 0.2) is 4.99 Å². The lowest BCUT2D eigenvalue weighted by Gasteiger charge is -2.20. The molecule has 0 saturated carbocycles. The molecule has 1 atom stereocenters. The summed E-state index contributed by atoms with van der Waals surface area (Å²) in [6.07, 6.45) is 3.18. The number of ether oxygens (including phenoxy) is 1. The van der Waals surface area contributed by atoms with Crippen LogP contribution in [0.4, 0.5) is 0 Å². The van der Waals surface area contributed by atoms with E-state index >= 15 is 0 Å². The highest BCUT2D eigenvalue weighted by Crippen LogP contribution is 2.18. The van der Waals surface area contributed by atoms with Gasteiger partial charge in [-0.3, -0.25) is 4.99 Å². The zero-order chi connectivity index (χ0) is 18.7. The van der Waals surface area contributed by atoms with Crippen LogP contribution in [0, 0.1) is 12.8 Å². The Balaban J connectivity index is 0.00000625. The lowest BCUT2D eigenvalue weighted by molar-refractivity contribution is 0.0266. The van der Waals surface area contributed by atoms with E-state index in [1.54, 1.807) is 11.3 Å². The molecule has 0 spiro atoms. The summed E-state index contributed by atoms with van der Waals surface area (Å²) in [4.78, 5) is 10.7. The van der Waals surface area contributed by atoms with Gasteiger partial charge in [0.15, 0.2) is 5.96 Å². The highest BCUT2D eigenvalue weighted by atomic mass is 127. The SMILES string of the molecule is CCNC(=NCCC(OCC)C(C)C)NCCc1nc(CC)c(C)s1.I. The summed E-state index contributed by atoms with van der Waals surface area (Å²) in [5.74, 6) is 1.40. The molecule has 2 N–H and O–H groups in total. The lowest BCUT2D eigenvalue weighted by atomic mass is 10.0. The topological polar surface area (TPSA) is 58.5 Å². The first-order chi connectivity index (χ1) is 12.0. The van der Waals surface area contributed by atoms with Crippen molar-refractivity contribution < 1.29 is 4.74 Å². The number of aryl methyl sites for hydroxylation is 2. The van der Waals surface area contributed by atoms with Crippen LogP contribution in [0.25, 0.3) is 0 Å². The van der Waals surface area contributed by atoms with Gasteiger partial charge in [0, 0.05) is 37.5 Å². The largest absolute Gasteiger partial charge is 0.378 e. The van der Waals surface area contributed by atoms with Gasteiger partial charge in [-0.15, -0.1) is 35.3 Å². The van der Waals surface area contributed by atoms with Crippen LogP contribution >= 0.6 is 35.3 Å². The van der Waals surface area contributed by atoms with Crippen LogP contribution in [0.1, 0.15) is 56.6 Å². The quantitative estimate of drug-likeness (QED) is 0.274. The molecule has 5 nitrogen and oxygen atoms in total. The van der Waals surface area contributed by atoms with E-state index in [0.29, 0.717) is 5.92 Å². The van der Waals surface area contributed by atoms with Gasteiger partial charge >= 0.3 is 0 Å². The van der Waals surface area contributed by atoms with Gasteiger partial charge in [0.05, 0.1) is 16.8 Å². The summed E-state index contributed by atoms with van der Waals surface area (Å²) in [5, 5.41) is 7.93. The minimum Gasteiger partial charge on any atom is -0.378 e. The Kier molecular flexibility index (Phi) is 14.4. The van der Waals surface area contributed by atoms with Gasteiger partial charge in [-0.05, 0) is 39.5 Å². The van der Waals surface area contributed by atoms with E-state index in [1.165, 1.54) is 15.6 Å². The van der Waals surface area contributed by atoms with E-state index in [1.807, 2.05) is 0 Å². The summed E-state index contributed by atoms with van der Waals surface area (Å²) in [5.41, 5.74) is 1.23. The van der Waals surface area contributed by atoms with Crippen LogP contribution in [0.5, 0.6) is 0 Å². The summed E-state index contributed by atoms with van der Waals surface area (Å²) in [7, 11) is 0. The molecule has 26 heavy (non-hydrogen) atoms. The smallest absolute Gasteiger partial charge is 0.191 e. The van der Waals surface area contributed by atoms with E-state index in [-0.39, 0.29) is 30.1 Å². The predicted molar refractivity (Wildman–Crippen MR) is 124 cm³/mol. The Morgan fingerprint density at radius 1 is 1.23 bits per heavy atom. The number of thiazole rings is 1. The van der Waals surface area contributed by atoms with Crippen LogP contribution in [0.2, 0.25) is 0 Å². The number of nitrogens with zero attached hydrogens (tertiary/aromatic N) is 2. The van der Waals surface area contributed by atoms with Crippen molar-refractivity contribution in [3.63, 3.8) is 0 Å². The Bertz CT molecular complexity index is 520. The second-order valence-corrected chi connectivity index (χ2v) is 7.72. The molecule has 0 saturated heterocycles. The fourth-order valence-electron chi connectivity index (χ4n) is 2.68. The molecule has 0 fully saturated rings. The summed E-state index contributed by atoms with van der Waals surface area (Å²) in [6, 6.07) is 0. The monoisotopic (exact) mass is 496 g/mol. The minimum absolute atomic E-state index is 0. The maximum absolute atomic E-state index is 5.79. The zero-order valence-electron chi connectivity index (χ0n) is 17.2. The molecule has 0 radical (unpaired) electrons. The molecule has 0 aliphatic rings. The zero-order valence-corrected chi connectivity index (χ0v) is 20.4. The maximum Gasteiger partial charge on any atom is 0.191 e. The second-order valence-electron chi connectivity index (χ2n) is 6.43. The molecule has 0 aliphatic carbocycles. The number of halogens is 1. The number of guanidine groups is 1. The first-order valence-electron chi connectivity index (χ1n) is 9.60. The van der Waals surface area contributed by atoms with Crippen molar-refractivity contribution in [2.45, 2.75) is 66.9 Å². The Morgan fingerprint density at radius 2 is 1.96 bits per heavy atom. The molecule has 7 heteroatoms. The van der Waals surface area contributed by atoms with Crippen molar-refractivity contribution in [1.29, 1.82) is 0 Å². The molecule has 1 heterocycles. The molecule has 1 rings (SSSR count). The molecule has 1 unspecified atom stereocenters. The number of aliphatic imine (C=N–C) groups is 1. The van der Waals surface area contributed by atoms with Gasteiger partial charge in [-0.2, -0.15) is 0 Å². The van der Waals surface area contributed by atoms with Crippen LogP contribution in [-0.2, 0) is 17.6 Å². The first-order valence-corrected chi connectivity index (χ1v) is 10.4. The van der Waals surface area contributed by atoms with E-state index in [9.17, 15) is 0 Å². The molecule has 0 amide bonds. The summed E-state index contributed by atoms with van der Waals surface area (Å²) in [6.45, 7) is 16.1. The normalized spacial score (nSPS) is 12.8. The van der Waals surface area contributed by atoms with Crippen LogP contribution < -0.4 is 10.6 Å². The molecule has 0 bridgehead atoms. The Labute approximate surface area is 180 Å². The average Bonchev–Trinajstić information content (AvgIpc) is 2.93. The fourth-order valence-corrected chi connectivity index (χ4v) is 3.70. The molecule has 1 aromatic heterocycles. The molecule has 0 aliphatic heterocycles. The van der Waals surface area contributed by atoms with Gasteiger partial charge in [0.1, 0.15) is 0 Å². The highest BCUT2D eigenvalue weighted by Gasteiger charge is 2.12. The molecule has 0 aromatic carbocycles. The standard InChI is InChI=1S/C19H36N4OS.HI/c1-7-16-15(6)25-18(23-16)11-13-22-19(20-8-2)21-12-10-17(14(4)5)24-9-3;/h14,17H,7-13H2,1-6H3,(H2,20,21,22);1H. The molecule has 1 aromatic rings. The number of rotatable bonds is 11. The number of aromatic nitrogens is 1. The third-order valence-corrected chi connectivity index (χ3v) is 5.13. The van der Waals surface area contributed by atoms with Crippen molar-refractivity contribution in [3.8, 4) is 0 Å². The number of hydrogen-bond acceptors (Lipinski definition) is 4. The third-order valence-electron chi connectivity index (χ3n) is 4.06. The van der Waals surface area contributed by atoms with Crippen molar-refractivity contribution in [1.82, 2.24) is 15.6 Å². The first kappa shape index (κ1) is 25.6. The van der Waals surface area contributed by atoms with Crippen molar-refractivity contribution >= 4 is 41.3 Å². The van der Waals surface area contributed by atoms with Gasteiger partial charge in [-0.1, -0.05) is 20.8 Å². The summed E-state index contributed by atoms with van der Waals surface area (Å²) >= 11 is 1.81. The number of hydrogen-bond donors (Lipinski definition) is 2. The minimum atomic E-state index is 0. The average molecular weight is 497 g/mol. The maximum atomic E-state index is 5.79. The van der Waals surface area contributed by atoms with Gasteiger partial charge < -0.3 is 15.4 Å². The van der Waals surface area contributed by atoms with Crippen molar-refractivity contribution in [2.75, 3.05) is 26.2 Å².